The van der Waals surface area contributed by atoms with Crippen molar-refractivity contribution in [3.63, 3.8) is 0 Å². The highest BCUT2D eigenvalue weighted by atomic mass is 35.6. The minimum absolute atomic E-state index is 0.222. The fraction of sp³-hybridized carbons (Fsp3) is 0.200. The Kier molecular flexibility index (Phi) is 5.07. The van der Waals surface area contributed by atoms with E-state index in [0.717, 1.165) is 0 Å². The molecule has 0 aliphatic carbocycles. The average Bonchev–Trinajstić information content (AvgIpc) is 2.26. The number of halogens is 3. The first-order valence-electron chi connectivity index (χ1n) is 4.68. The van der Waals surface area contributed by atoms with Gasteiger partial charge in [0.15, 0.2) is 6.61 Å². The van der Waals surface area contributed by atoms with Gasteiger partial charge in [0, 0.05) is 5.69 Å². The van der Waals surface area contributed by atoms with Crippen LogP contribution in [-0.2, 0) is 9.59 Å². The van der Waals surface area contributed by atoms with E-state index >= 15 is 0 Å². The van der Waals surface area contributed by atoms with Crippen LogP contribution in [0.3, 0.4) is 0 Å². The van der Waals surface area contributed by atoms with Crippen LogP contribution in [0, 0.1) is 0 Å². The number of carbonyl (C=O) groups excluding carboxylic acids is 2. The number of primary amides is 1. The fourth-order valence-corrected chi connectivity index (χ4v) is 1.13. The lowest BCUT2D eigenvalue weighted by Gasteiger charge is -2.11. The van der Waals surface area contributed by atoms with E-state index in [1.807, 2.05) is 0 Å². The van der Waals surface area contributed by atoms with E-state index < -0.39 is 15.6 Å². The zero-order chi connectivity index (χ0) is 13.8. The quantitative estimate of drug-likeness (QED) is 0.833. The van der Waals surface area contributed by atoms with Gasteiger partial charge >= 0.3 is 0 Å². The zero-order valence-corrected chi connectivity index (χ0v) is 11.2. The van der Waals surface area contributed by atoms with Gasteiger partial charge in [-0.1, -0.05) is 34.8 Å². The Morgan fingerprint density at radius 1 is 1.22 bits per heavy atom. The summed E-state index contributed by atoms with van der Waals surface area (Å²) in [5.41, 5.74) is 5.35. The monoisotopic (exact) mass is 310 g/mol. The van der Waals surface area contributed by atoms with E-state index in [1.54, 1.807) is 0 Å². The van der Waals surface area contributed by atoms with Crippen LogP contribution >= 0.6 is 34.8 Å². The fourth-order valence-electron chi connectivity index (χ4n) is 0.991. The molecule has 0 heterocycles. The van der Waals surface area contributed by atoms with Gasteiger partial charge in [-0.25, -0.2) is 0 Å². The van der Waals surface area contributed by atoms with Crippen molar-refractivity contribution in [1.29, 1.82) is 0 Å². The number of rotatable bonds is 4. The lowest BCUT2D eigenvalue weighted by atomic mass is 10.3. The Hall–Kier alpha value is -1.17. The molecular formula is C10H9Cl3N2O3. The Morgan fingerprint density at radius 3 is 2.22 bits per heavy atom. The number of benzene rings is 1. The average molecular weight is 312 g/mol. The van der Waals surface area contributed by atoms with Gasteiger partial charge in [0.05, 0.1) is 0 Å². The Morgan fingerprint density at radius 2 is 1.78 bits per heavy atom. The van der Waals surface area contributed by atoms with Crippen molar-refractivity contribution in [3.05, 3.63) is 24.3 Å². The van der Waals surface area contributed by atoms with Gasteiger partial charge in [-0.2, -0.15) is 0 Å². The van der Waals surface area contributed by atoms with E-state index in [9.17, 15) is 9.59 Å². The van der Waals surface area contributed by atoms with Crippen molar-refractivity contribution in [2.75, 3.05) is 11.9 Å². The summed E-state index contributed by atoms with van der Waals surface area (Å²) >= 11 is 16.2. The first-order valence-corrected chi connectivity index (χ1v) is 5.82. The first kappa shape index (κ1) is 14.9. The van der Waals surface area contributed by atoms with Crippen LogP contribution < -0.4 is 15.8 Å². The highest BCUT2D eigenvalue weighted by molar-refractivity contribution is 6.76. The molecule has 8 heteroatoms. The van der Waals surface area contributed by atoms with Crippen molar-refractivity contribution < 1.29 is 14.3 Å². The molecule has 0 spiro atoms. The summed E-state index contributed by atoms with van der Waals surface area (Å²) in [6.45, 7) is -0.222. The highest BCUT2D eigenvalue weighted by Gasteiger charge is 2.30. The first-order chi connectivity index (χ1) is 8.29. The lowest BCUT2D eigenvalue weighted by Crippen LogP contribution is -2.26. The standard InChI is InChI=1S/C10H9Cl3N2O3/c11-10(12,13)9(17)15-6-1-3-7(4-2-6)18-5-8(14)16/h1-4H,5H2,(H2,14,16)(H,15,17). The number of hydrogen-bond donors (Lipinski definition) is 2. The second kappa shape index (κ2) is 6.13. The van der Waals surface area contributed by atoms with Crippen LogP contribution in [0.15, 0.2) is 24.3 Å². The highest BCUT2D eigenvalue weighted by Crippen LogP contribution is 2.28. The summed E-state index contributed by atoms with van der Waals surface area (Å²) in [5.74, 6) is -0.914. The number of amides is 2. The zero-order valence-electron chi connectivity index (χ0n) is 8.95. The molecule has 0 saturated carbocycles. The molecule has 2 amide bonds. The van der Waals surface area contributed by atoms with E-state index in [0.29, 0.717) is 11.4 Å². The molecule has 1 rings (SSSR count). The molecule has 0 radical (unpaired) electrons. The molecule has 0 atom stereocenters. The molecule has 0 fully saturated rings. The number of hydrogen-bond acceptors (Lipinski definition) is 3. The summed E-state index contributed by atoms with van der Waals surface area (Å²) in [5, 5.41) is 2.39. The van der Waals surface area contributed by atoms with Gasteiger partial charge in [-0.3, -0.25) is 9.59 Å². The molecule has 0 aliphatic heterocycles. The van der Waals surface area contributed by atoms with Gasteiger partial charge in [-0.15, -0.1) is 0 Å². The summed E-state index contributed by atoms with van der Waals surface area (Å²) < 4.78 is 3.00. The van der Waals surface area contributed by atoms with Gasteiger partial charge in [0.1, 0.15) is 5.75 Å². The number of alkyl halides is 3. The maximum atomic E-state index is 11.3. The molecule has 98 valence electrons. The Balaban J connectivity index is 2.60. The molecule has 0 bridgehead atoms. The predicted octanol–water partition coefficient (Wildman–Crippen LogP) is 1.86. The number of nitrogens with one attached hydrogen (secondary N) is 1. The van der Waals surface area contributed by atoms with E-state index in [1.165, 1.54) is 24.3 Å². The smallest absolute Gasteiger partial charge is 0.276 e. The topological polar surface area (TPSA) is 81.4 Å². The summed E-state index contributed by atoms with van der Waals surface area (Å²) in [7, 11) is 0. The van der Waals surface area contributed by atoms with Crippen molar-refractivity contribution in [1.82, 2.24) is 0 Å². The normalized spacial score (nSPS) is 10.8. The van der Waals surface area contributed by atoms with Crippen LogP contribution in [0.5, 0.6) is 5.75 Å². The second-order valence-electron chi connectivity index (χ2n) is 3.23. The van der Waals surface area contributed by atoms with Crippen LogP contribution in [0.4, 0.5) is 5.69 Å². The Labute approximate surface area is 118 Å². The van der Waals surface area contributed by atoms with Crippen LogP contribution in [0.25, 0.3) is 0 Å². The van der Waals surface area contributed by atoms with Gasteiger partial charge in [-0.05, 0) is 24.3 Å². The van der Waals surface area contributed by atoms with E-state index in [2.05, 4.69) is 5.32 Å². The van der Waals surface area contributed by atoms with Gasteiger partial charge in [0.2, 0.25) is 0 Å². The van der Waals surface area contributed by atoms with Crippen molar-refractivity contribution in [2.24, 2.45) is 5.73 Å². The molecule has 1 aromatic carbocycles. The molecule has 18 heavy (non-hydrogen) atoms. The van der Waals surface area contributed by atoms with Crippen LogP contribution in [-0.4, -0.2) is 22.2 Å². The summed E-state index contributed by atoms with van der Waals surface area (Å²) in [6.07, 6.45) is 0. The molecule has 0 saturated heterocycles. The summed E-state index contributed by atoms with van der Waals surface area (Å²) in [6, 6.07) is 6.14. The predicted molar refractivity (Wildman–Crippen MR) is 70.1 cm³/mol. The Bertz CT molecular complexity index is 443. The minimum atomic E-state index is -2.03. The maximum absolute atomic E-state index is 11.3. The molecule has 5 nitrogen and oxygen atoms in total. The largest absolute Gasteiger partial charge is 0.484 e. The van der Waals surface area contributed by atoms with Gasteiger partial charge < -0.3 is 15.8 Å². The van der Waals surface area contributed by atoms with E-state index in [4.69, 9.17) is 45.3 Å². The minimum Gasteiger partial charge on any atom is -0.484 e. The molecule has 0 unspecified atom stereocenters. The molecule has 0 aromatic heterocycles. The number of ether oxygens (including phenoxy) is 1. The van der Waals surface area contributed by atoms with Crippen molar-refractivity contribution >= 4 is 52.3 Å². The number of carbonyl (C=O) groups is 2. The third kappa shape index (κ3) is 5.00. The second-order valence-corrected chi connectivity index (χ2v) is 5.51. The van der Waals surface area contributed by atoms with Crippen LogP contribution in [0.1, 0.15) is 0 Å². The molecule has 3 N–H and O–H groups in total. The van der Waals surface area contributed by atoms with E-state index in [-0.39, 0.29) is 6.61 Å². The molecule has 1 aromatic rings. The van der Waals surface area contributed by atoms with Crippen molar-refractivity contribution in [2.45, 2.75) is 3.79 Å². The van der Waals surface area contributed by atoms with Crippen molar-refractivity contribution in [3.8, 4) is 5.75 Å². The third-order valence-corrected chi connectivity index (χ3v) is 2.27. The number of nitrogens with two attached hydrogens (primary N) is 1. The SMILES string of the molecule is NC(=O)COc1ccc(NC(=O)C(Cl)(Cl)Cl)cc1. The summed E-state index contributed by atoms with van der Waals surface area (Å²) in [4.78, 5) is 21.8. The lowest BCUT2D eigenvalue weighted by molar-refractivity contribution is -0.120. The van der Waals surface area contributed by atoms with Gasteiger partial charge in [0.25, 0.3) is 15.6 Å². The van der Waals surface area contributed by atoms with Crippen LogP contribution in [0.2, 0.25) is 0 Å². The third-order valence-electron chi connectivity index (χ3n) is 1.75. The number of anilines is 1. The molecular weight excluding hydrogens is 302 g/mol. The molecule has 0 aliphatic rings. The maximum Gasteiger partial charge on any atom is 0.276 e.